The van der Waals surface area contributed by atoms with Crippen molar-refractivity contribution < 1.29 is 13.9 Å². The first-order chi connectivity index (χ1) is 11.1. The standard InChI is InChI=1S/C17H12FNO2S2/c1-21-14-7-5-11(6-8-14)9-15-16(20)19(17(22)23-15)13-4-2-3-12(18)10-13/h2-10H,1H3. The first kappa shape index (κ1) is 15.7. The van der Waals surface area contributed by atoms with Crippen LogP contribution >= 0.6 is 24.0 Å². The van der Waals surface area contributed by atoms with E-state index >= 15 is 0 Å². The topological polar surface area (TPSA) is 29.5 Å². The summed E-state index contributed by atoms with van der Waals surface area (Å²) in [6.45, 7) is 0. The molecule has 0 N–H and O–H groups in total. The predicted molar refractivity (Wildman–Crippen MR) is 95.0 cm³/mol. The van der Waals surface area contributed by atoms with Crippen LogP contribution in [0.1, 0.15) is 5.56 Å². The van der Waals surface area contributed by atoms with Crippen LogP contribution < -0.4 is 9.64 Å². The quantitative estimate of drug-likeness (QED) is 0.615. The average Bonchev–Trinajstić information content (AvgIpc) is 2.82. The zero-order valence-corrected chi connectivity index (χ0v) is 13.8. The summed E-state index contributed by atoms with van der Waals surface area (Å²) in [5.41, 5.74) is 1.30. The highest BCUT2D eigenvalue weighted by Gasteiger charge is 2.33. The van der Waals surface area contributed by atoms with E-state index in [2.05, 4.69) is 0 Å². The lowest BCUT2D eigenvalue weighted by molar-refractivity contribution is -0.113. The molecule has 0 saturated carbocycles. The first-order valence-corrected chi connectivity index (χ1v) is 7.98. The van der Waals surface area contributed by atoms with Gasteiger partial charge in [0.05, 0.1) is 17.7 Å². The number of thiocarbonyl (C=S) groups is 1. The number of methoxy groups -OCH3 is 1. The fourth-order valence-corrected chi connectivity index (χ4v) is 3.46. The van der Waals surface area contributed by atoms with Crippen LogP contribution in [0.4, 0.5) is 10.1 Å². The Balaban J connectivity index is 1.89. The van der Waals surface area contributed by atoms with Gasteiger partial charge in [-0.1, -0.05) is 42.2 Å². The molecular weight excluding hydrogens is 333 g/mol. The molecule has 3 rings (SSSR count). The number of rotatable bonds is 3. The van der Waals surface area contributed by atoms with Crippen molar-refractivity contribution in [3.63, 3.8) is 0 Å². The Kier molecular flexibility index (Phi) is 4.45. The van der Waals surface area contributed by atoms with Crippen LogP contribution in [0.25, 0.3) is 6.08 Å². The maximum atomic E-state index is 13.4. The molecular formula is C17H12FNO2S2. The molecule has 0 radical (unpaired) electrons. The molecule has 1 aliphatic rings. The number of hydrogen-bond donors (Lipinski definition) is 0. The van der Waals surface area contributed by atoms with Crippen LogP contribution in [0.3, 0.4) is 0 Å². The lowest BCUT2D eigenvalue weighted by Gasteiger charge is -2.14. The van der Waals surface area contributed by atoms with Crippen LogP contribution in [-0.2, 0) is 4.79 Å². The van der Waals surface area contributed by atoms with Gasteiger partial charge >= 0.3 is 0 Å². The molecule has 1 saturated heterocycles. The molecule has 0 unspecified atom stereocenters. The van der Waals surface area contributed by atoms with Gasteiger partial charge in [-0.05, 0) is 42.0 Å². The fourth-order valence-electron chi connectivity index (χ4n) is 2.16. The third kappa shape index (κ3) is 3.28. The number of amides is 1. The minimum absolute atomic E-state index is 0.249. The van der Waals surface area contributed by atoms with E-state index in [4.69, 9.17) is 17.0 Å². The molecule has 2 aromatic rings. The van der Waals surface area contributed by atoms with Gasteiger partial charge in [0.15, 0.2) is 4.32 Å². The second-order valence-electron chi connectivity index (χ2n) is 4.77. The van der Waals surface area contributed by atoms with Crippen molar-refractivity contribution in [1.29, 1.82) is 0 Å². The van der Waals surface area contributed by atoms with Crippen molar-refractivity contribution in [2.45, 2.75) is 0 Å². The lowest BCUT2D eigenvalue weighted by Crippen LogP contribution is -2.27. The zero-order chi connectivity index (χ0) is 16.4. The maximum absolute atomic E-state index is 13.4. The van der Waals surface area contributed by atoms with Gasteiger partial charge in [-0.2, -0.15) is 0 Å². The average molecular weight is 345 g/mol. The molecule has 23 heavy (non-hydrogen) atoms. The molecule has 0 bridgehead atoms. The fraction of sp³-hybridized carbons (Fsp3) is 0.0588. The number of ether oxygens (including phenoxy) is 1. The van der Waals surface area contributed by atoms with Crippen molar-refractivity contribution in [3.8, 4) is 5.75 Å². The Labute approximate surface area is 142 Å². The van der Waals surface area contributed by atoms with E-state index < -0.39 is 5.82 Å². The highest BCUT2D eigenvalue weighted by Crippen LogP contribution is 2.36. The summed E-state index contributed by atoms with van der Waals surface area (Å²) >= 11 is 6.46. The zero-order valence-electron chi connectivity index (χ0n) is 12.2. The predicted octanol–water partition coefficient (Wildman–Crippen LogP) is 4.24. The van der Waals surface area contributed by atoms with Gasteiger partial charge in [-0.25, -0.2) is 4.39 Å². The lowest BCUT2D eigenvalue weighted by atomic mass is 10.2. The monoisotopic (exact) mass is 345 g/mol. The van der Waals surface area contributed by atoms with Gasteiger partial charge in [0.25, 0.3) is 5.91 Å². The van der Waals surface area contributed by atoms with Crippen molar-refractivity contribution in [2.24, 2.45) is 0 Å². The van der Waals surface area contributed by atoms with Gasteiger partial charge in [0, 0.05) is 0 Å². The molecule has 1 amide bonds. The molecule has 0 aromatic heterocycles. The third-order valence-corrected chi connectivity index (χ3v) is 4.58. The van der Waals surface area contributed by atoms with Gasteiger partial charge in [-0.15, -0.1) is 0 Å². The normalized spacial score (nSPS) is 16.3. The molecule has 0 atom stereocenters. The molecule has 0 spiro atoms. The van der Waals surface area contributed by atoms with Gasteiger partial charge in [-0.3, -0.25) is 9.69 Å². The van der Waals surface area contributed by atoms with Gasteiger partial charge in [0.1, 0.15) is 11.6 Å². The Morgan fingerprint density at radius 3 is 2.61 bits per heavy atom. The number of benzene rings is 2. The van der Waals surface area contributed by atoms with Crippen molar-refractivity contribution in [2.75, 3.05) is 12.0 Å². The number of carbonyl (C=O) groups is 1. The summed E-state index contributed by atoms with van der Waals surface area (Å²) in [6.07, 6.45) is 1.76. The molecule has 6 heteroatoms. The van der Waals surface area contributed by atoms with Crippen LogP contribution in [0.2, 0.25) is 0 Å². The summed E-state index contributed by atoms with van der Waals surface area (Å²) in [5, 5.41) is 0. The second-order valence-corrected chi connectivity index (χ2v) is 6.45. The van der Waals surface area contributed by atoms with Crippen LogP contribution in [0.5, 0.6) is 5.75 Å². The van der Waals surface area contributed by atoms with Crippen LogP contribution in [0.15, 0.2) is 53.4 Å². The number of halogens is 1. The van der Waals surface area contributed by atoms with E-state index in [9.17, 15) is 9.18 Å². The number of thioether (sulfide) groups is 1. The molecule has 3 nitrogen and oxygen atoms in total. The SMILES string of the molecule is COc1ccc(C=C2SC(=S)N(c3cccc(F)c3)C2=O)cc1. The van der Waals surface area contributed by atoms with Crippen molar-refractivity contribution in [3.05, 3.63) is 64.8 Å². The number of hydrogen-bond acceptors (Lipinski definition) is 4. The summed E-state index contributed by atoms with van der Waals surface area (Å²) < 4.78 is 18.9. The summed E-state index contributed by atoms with van der Waals surface area (Å²) in [5.74, 6) is 0.0894. The molecule has 1 fully saturated rings. The van der Waals surface area contributed by atoms with Crippen LogP contribution in [0, 0.1) is 5.82 Å². The number of nitrogens with zero attached hydrogens (tertiary/aromatic N) is 1. The van der Waals surface area contributed by atoms with E-state index in [0.29, 0.717) is 14.9 Å². The van der Waals surface area contributed by atoms with E-state index in [1.807, 2.05) is 24.3 Å². The Bertz CT molecular complexity index is 802. The Morgan fingerprint density at radius 2 is 1.96 bits per heavy atom. The Morgan fingerprint density at radius 1 is 1.22 bits per heavy atom. The summed E-state index contributed by atoms with van der Waals surface area (Å²) in [7, 11) is 1.60. The van der Waals surface area contributed by atoms with Crippen molar-refractivity contribution in [1.82, 2.24) is 0 Å². The molecule has 2 aromatic carbocycles. The first-order valence-electron chi connectivity index (χ1n) is 6.76. The van der Waals surface area contributed by atoms with Gasteiger partial charge < -0.3 is 4.74 Å². The van der Waals surface area contributed by atoms with Crippen LogP contribution in [-0.4, -0.2) is 17.3 Å². The maximum Gasteiger partial charge on any atom is 0.270 e. The van der Waals surface area contributed by atoms with E-state index in [0.717, 1.165) is 11.3 Å². The molecule has 1 aliphatic heterocycles. The molecule has 0 aliphatic carbocycles. The van der Waals surface area contributed by atoms with Gasteiger partial charge in [0.2, 0.25) is 0 Å². The number of anilines is 1. The largest absolute Gasteiger partial charge is 0.497 e. The Hall–Kier alpha value is -2.18. The highest BCUT2D eigenvalue weighted by molar-refractivity contribution is 8.27. The smallest absolute Gasteiger partial charge is 0.270 e. The highest BCUT2D eigenvalue weighted by atomic mass is 32.2. The third-order valence-electron chi connectivity index (χ3n) is 3.27. The van der Waals surface area contributed by atoms with E-state index in [1.54, 1.807) is 25.3 Å². The summed E-state index contributed by atoms with van der Waals surface area (Å²) in [6, 6.07) is 13.2. The minimum Gasteiger partial charge on any atom is -0.497 e. The van der Waals surface area contributed by atoms with E-state index in [1.165, 1.54) is 28.8 Å². The number of carbonyl (C=O) groups excluding carboxylic acids is 1. The second kappa shape index (κ2) is 6.52. The summed E-state index contributed by atoms with van der Waals surface area (Å²) in [4.78, 5) is 14.4. The minimum atomic E-state index is -0.407. The van der Waals surface area contributed by atoms with E-state index in [-0.39, 0.29) is 5.91 Å². The molecule has 116 valence electrons. The van der Waals surface area contributed by atoms with Crippen molar-refractivity contribution >= 4 is 46.0 Å². The molecule has 1 heterocycles.